The number of aromatic nitrogens is 2. The van der Waals surface area contributed by atoms with Crippen molar-refractivity contribution in [1.29, 1.82) is 0 Å². The Balaban J connectivity index is 2.26. The molecule has 112 valence electrons. The Kier molecular flexibility index (Phi) is 3.18. The van der Waals surface area contributed by atoms with Crippen LogP contribution in [0.4, 0.5) is 5.69 Å². The smallest absolute Gasteiger partial charge is 0.277 e. The van der Waals surface area contributed by atoms with Gasteiger partial charge in [-0.2, -0.15) is 4.31 Å². The highest BCUT2D eigenvalue weighted by atomic mass is 32.2. The quantitative estimate of drug-likeness (QED) is 0.616. The fourth-order valence-corrected chi connectivity index (χ4v) is 4.21. The molecule has 9 heteroatoms. The summed E-state index contributed by atoms with van der Waals surface area (Å²) >= 11 is 0. The number of benzene rings is 1. The molecule has 21 heavy (non-hydrogen) atoms. The van der Waals surface area contributed by atoms with Crippen LogP contribution in [0.1, 0.15) is 13.3 Å². The van der Waals surface area contributed by atoms with Crippen LogP contribution < -0.4 is 0 Å². The second kappa shape index (κ2) is 4.78. The molecule has 0 bridgehead atoms. The van der Waals surface area contributed by atoms with Crippen molar-refractivity contribution < 1.29 is 13.3 Å². The highest BCUT2D eigenvalue weighted by molar-refractivity contribution is 7.89. The van der Waals surface area contributed by atoms with E-state index in [2.05, 4.69) is 4.98 Å². The van der Waals surface area contributed by atoms with Crippen LogP contribution >= 0.6 is 0 Å². The molecule has 1 aliphatic heterocycles. The molecule has 0 spiro atoms. The van der Waals surface area contributed by atoms with Gasteiger partial charge in [0.15, 0.2) is 0 Å². The maximum Gasteiger partial charge on any atom is 0.277 e. The van der Waals surface area contributed by atoms with E-state index in [1.54, 1.807) is 17.6 Å². The number of nitro groups is 1. The lowest BCUT2D eigenvalue weighted by Crippen LogP contribution is -2.31. The first-order valence-corrected chi connectivity index (χ1v) is 8.04. The molecule has 2 heterocycles. The van der Waals surface area contributed by atoms with Gasteiger partial charge in [0.2, 0.25) is 5.16 Å². The Bertz CT molecular complexity index is 827. The number of hydrogen-bond acceptors (Lipinski definition) is 5. The molecular weight excluding hydrogens is 296 g/mol. The molecule has 0 unspecified atom stereocenters. The third-order valence-corrected chi connectivity index (χ3v) is 5.51. The van der Waals surface area contributed by atoms with Crippen molar-refractivity contribution in [2.45, 2.75) is 25.0 Å². The molecule has 0 saturated heterocycles. The minimum Gasteiger partial charge on any atom is -0.314 e. The van der Waals surface area contributed by atoms with Gasteiger partial charge in [-0.05, 0) is 12.5 Å². The van der Waals surface area contributed by atoms with Gasteiger partial charge in [0.1, 0.15) is 0 Å². The minimum absolute atomic E-state index is 0.0302. The third-order valence-electron chi connectivity index (χ3n) is 3.62. The third kappa shape index (κ3) is 2.09. The van der Waals surface area contributed by atoms with Crippen LogP contribution in [-0.2, 0) is 16.6 Å². The highest BCUT2D eigenvalue weighted by Gasteiger charge is 2.32. The summed E-state index contributed by atoms with van der Waals surface area (Å²) in [6.45, 7) is 3.14. The van der Waals surface area contributed by atoms with Gasteiger partial charge in [-0.1, -0.05) is 6.92 Å². The van der Waals surface area contributed by atoms with Crippen molar-refractivity contribution in [3.63, 3.8) is 0 Å². The van der Waals surface area contributed by atoms with Gasteiger partial charge in [0, 0.05) is 31.8 Å². The van der Waals surface area contributed by atoms with Crippen LogP contribution in [-0.4, -0.2) is 40.3 Å². The van der Waals surface area contributed by atoms with Crippen molar-refractivity contribution >= 4 is 26.7 Å². The van der Waals surface area contributed by atoms with E-state index in [0.717, 1.165) is 0 Å². The SMILES string of the molecule is CCN1CCCn2c(nc3cc([N+](=O)[O-])ccc32)S1(=O)=O. The molecule has 0 radical (unpaired) electrons. The number of sulfonamides is 1. The number of fused-ring (bicyclic) bond motifs is 3. The monoisotopic (exact) mass is 310 g/mol. The lowest BCUT2D eigenvalue weighted by atomic mass is 10.2. The molecule has 0 N–H and O–H groups in total. The Morgan fingerprint density at radius 2 is 2.14 bits per heavy atom. The van der Waals surface area contributed by atoms with E-state index < -0.39 is 14.9 Å². The molecular formula is C12H14N4O4S. The molecule has 0 saturated carbocycles. The maximum absolute atomic E-state index is 12.6. The average Bonchev–Trinajstić information content (AvgIpc) is 2.76. The van der Waals surface area contributed by atoms with Crippen LogP contribution in [0.3, 0.4) is 0 Å². The summed E-state index contributed by atoms with van der Waals surface area (Å²) in [4.78, 5) is 14.4. The van der Waals surface area contributed by atoms with E-state index >= 15 is 0 Å². The number of nitrogens with zero attached hydrogens (tertiary/aromatic N) is 4. The molecule has 2 aromatic rings. The van der Waals surface area contributed by atoms with Gasteiger partial charge < -0.3 is 4.57 Å². The lowest BCUT2D eigenvalue weighted by Gasteiger charge is -2.15. The summed E-state index contributed by atoms with van der Waals surface area (Å²) < 4.78 is 28.1. The van der Waals surface area contributed by atoms with Crippen molar-refractivity contribution in [2.24, 2.45) is 0 Å². The second-order valence-electron chi connectivity index (χ2n) is 4.83. The average molecular weight is 310 g/mol. The largest absolute Gasteiger partial charge is 0.314 e. The Labute approximate surface area is 121 Å². The molecule has 0 atom stereocenters. The van der Waals surface area contributed by atoms with Gasteiger partial charge >= 0.3 is 0 Å². The van der Waals surface area contributed by atoms with E-state index in [1.165, 1.54) is 16.4 Å². The number of hydrogen-bond donors (Lipinski definition) is 0. The predicted octanol–water partition coefficient (Wildman–Crippen LogP) is 1.36. The zero-order valence-electron chi connectivity index (χ0n) is 11.4. The summed E-state index contributed by atoms with van der Waals surface area (Å²) in [5, 5.41) is 10.8. The predicted molar refractivity (Wildman–Crippen MR) is 75.4 cm³/mol. The highest BCUT2D eigenvalue weighted by Crippen LogP contribution is 2.27. The zero-order chi connectivity index (χ0) is 15.2. The molecule has 8 nitrogen and oxygen atoms in total. The van der Waals surface area contributed by atoms with Crippen LogP contribution in [0.15, 0.2) is 23.4 Å². The van der Waals surface area contributed by atoms with Crippen molar-refractivity contribution in [2.75, 3.05) is 13.1 Å². The van der Waals surface area contributed by atoms with Gasteiger partial charge in [0.05, 0.1) is 16.0 Å². The normalized spacial score (nSPS) is 18.3. The van der Waals surface area contributed by atoms with Gasteiger partial charge in [-0.25, -0.2) is 13.4 Å². The van der Waals surface area contributed by atoms with E-state index in [-0.39, 0.29) is 10.8 Å². The van der Waals surface area contributed by atoms with Crippen molar-refractivity contribution in [1.82, 2.24) is 13.9 Å². The number of rotatable bonds is 2. The minimum atomic E-state index is -3.65. The fraction of sp³-hybridized carbons (Fsp3) is 0.417. The molecule has 1 aliphatic rings. The first-order valence-electron chi connectivity index (χ1n) is 6.60. The summed E-state index contributed by atoms with van der Waals surface area (Å²) in [5.41, 5.74) is 0.846. The van der Waals surface area contributed by atoms with Crippen LogP contribution in [0.2, 0.25) is 0 Å². The fourth-order valence-electron chi connectivity index (χ4n) is 2.59. The number of aryl methyl sites for hydroxylation is 1. The lowest BCUT2D eigenvalue weighted by molar-refractivity contribution is -0.384. The molecule has 3 rings (SSSR count). The summed E-state index contributed by atoms with van der Waals surface area (Å²) in [5.74, 6) is 0. The molecule has 0 aliphatic carbocycles. The van der Waals surface area contributed by atoms with Gasteiger partial charge in [-0.15, -0.1) is 0 Å². The first kappa shape index (κ1) is 14.0. The van der Waals surface area contributed by atoms with Gasteiger partial charge in [-0.3, -0.25) is 10.1 Å². The Morgan fingerprint density at radius 1 is 1.38 bits per heavy atom. The first-order chi connectivity index (χ1) is 9.95. The van der Waals surface area contributed by atoms with Crippen molar-refractivity contribution in [3.8, 4) is 0 Å². The van der Waals surface area contributed by atoms with Crippen LogP contribution in [0, 0.1) is 10.1 Å². The van der Waals surface area contributed by atoms with Crippen LogP contribution in [0.25, 0.3) is 11.0 Å². The Morgan fingerprint density at radius 3 is 2.81 bits per heavy atom. The van der Waals surface area contributed by atoms with Gasteiger partial charge in [0.25, 0.3) is 15.7 Å². The number of non-ortho nitro benzene ring substituents is 1. The summed E-state index contributed by atoms with van der Waals surface area (Å²) in [7, 11) is -3.65. The van der Waals surface area contributed by atoms with E-state index in [9.17, 15) is 18.5 Å². The molecule has 0 amide bonds. The zero-order valence-corrected chi connectivity index (χ0v) is 12.2. The van der Waals surface area contributed by atoms with E-state index in [0.29, 0.717) is 37.1 Å². The van der Waals surface area contributed by atoms with Crippen molar-refractivity contribution in [3.05, 3.63) is 28.3 Å². The van der Waals surface area contributed by atoms with Crippen LogP contribution in [0.5, 0.6) is 0 Å². The number of nitro benzene ring substituents is 1. The molecule has 1 aromatic carbocycles. The maximum atomic E-state index is 12.6. The molecule has 1 aromatic heterocycles. The number of imidazole rings is 1. The molecule has 0 fully saturated rings. The Hall–Kier alpha value is -2.00. The summed E-state index contributed by atoms with van der Waals surface area (Å²) in [6, 6.07) is 4.23. The standard InChI is InChI=1S/C12H14N4O4S/c1-2-14-6-3-7-15-11-5-4-9(16(17)18)8-10(11)13-12(15)21(14,19)20/h4-5,8H,2-3,6-7H2,1H3. The topological polar surface area (TPSA) is 98.3 Å². The van der Waals surface area contributed by atoms with E-state index in [1.807, 2.05) is 0 Å². The van der Waals surface area contributed by atoms with E-state index in [4.69, 9.17) is 0 Å². The second-order valence-corrected chi connectivity index (χ2v) is 6.66. The summed E-state index contributed by atoms with van der Waals surface area (Å²) in [6.07, 6.45) is 0.683.